The van der Waals surface area contributed by atoms with Crippen molar-refractivity contribution in [3.63, 3.8) is 0 Å². The van der Waals surface area contributed by atoms with Crippen molar-refractivity contribution < 1.29 is 13.2 Å². The number of sulfone groups is 1. The van der Waals surface area contributed by atoms with Gasteiger partial charge < -0.3 is 4.90 Å². The number of amides is 1. The number of rotatable bonds is 1. The van der Waals surface area contributed by atoms with E-state index in [2.05, 4.69) is 15.9 Å². The Morgan fingerprint density at radius 2 is 1.95 bits per heavy atom. The van der Waals surface area contributed by atoms with Crippen molar-refractivity contribution in [3.05, 3.63) is 33.8 Å². The number of benzene rings is 1. The molecule has 6 heteroatoms. The van der Waals surface area contributed by atoms with E-state index in [9.17, 15) is 13.2 Å². The number of carbonyl (C=O) groups excluding carboxylic acids is 1. The van der Waals surface area contributed by atoms with Crippen LogP contribution in [0.3, 0.4) is 0 Å². The van der Waals surface area contributed by atoms with Gasteiger partial charge in [0.1, 0.15) is 0 Å². The van der Waals surface area contributed by atoms with Gasteiger partial charge >= 0.3 is 0 Å². The van der Waals surface area contributed by atoms with Crippen molar-refractivity contribution in [1.29, 1.82) is 0 Å². The van der Waals surface area contributed by atoms with Crippen LogP contribution in [0.5, 0.6) is 0 Å². The second-order valence-electron chi connectivity index (χ2n) is 5.86. The van der Waals surface area contributed by atoms with Gasteiger partial charge in [-0.25, -0.2) is 8.42 Å². The summed E-state index contributed by atoms with van der Waals surface area (Å²) in [6, 6.07) is 5.55. The largest absolute Gasteiger partial charge is 0.337 e. The first-order chi connectivity index (χ1) is 9.91. The highest BCUT2D eigenvalue weighted by Crippen LogP contribution is 2.33. The van der Waals surface area contributed by atoms with Crippen LogP contribution < -0.4 is 0 Å². The quantitative estimate of drug-likeness (QED) is 0.761. The first kappa shape index (κ1) is 15.0. The molecule has 2 unspecified atom stereocenters. The molecule has 2 heterocycles. The number of fused-ring (bicyclic) bond motifs is 2. The summed E-state index contributed by atoms with van der Waals surface area (Å²) in [5.41, 5.74) is 1.55. The molecule has 2 saturated heterocycles. The normalized spacial score (nSPS) is 27.4. The molecular formula is C15H18BrNO3S. The molecule has 2 aliphatic rings. The number of carbonyl (C=O) groups is 1. The van der Waals surface area contributed by atoms with Gasteiger partial charge in [0, 0.05) is 23.1 Å². The molecule has 2 aliphatic heterocycles. The summed E-state index contributed by atoms with van der Waals surface area (Å²) in [7, 11) is -3.04. The van der Waals surface area contributed by atoms with Crippen LogP contribution in [0.2, 0.25) is 0 Å². The molecule has 0 aromatic heterocycles. The van der Waals surface area contributed by atoms with E-state index in [0.717, 1.165) is 16.5 Å². The zero-order valence-electron chi connectivity index (χ0n) is 11.9. The second-order valence-corrected chi connectivity index (χ2v) is 9.23. The smallest absolute Gasteiger partial charge is 0.254 e. The lowest BCUT2D eigenvalue weighted by molar-refractivity contribution is 0.0750. The minimum Gasteiger partial charge on any atom is -0.337 e. The average Bonchev–Trinajstić information content (AvgIpc) is 2.61. The molecule has 0 radical (unpaired) electrons. The Hall–Kier alpha value is -0.880. The lowest BCUT2D eigenvalue weighted by Crippen LogP contribution is -2.38. The van der Waals surface area contributed by atoms with Crippen LogP contribution in [-0.2, 0) is 9.84 Å². The molecule has 21 heavy (non-hydrogen) atoms. The Morgan fingerprint density at radius 3 is 2.71 bits per heavy atom. The Bertz CT molecular complexity index is 686. The Labute approximate surface area is 133 Å². The van der Waals surface area contributed by atoms with E-state index in [-0.39, 0.29) is 16.4 Å². The Balaban J connectivity index is 1.88. The first-order valence-electron chi connectivity index (χ1n) is 7.18. The zero-order chi connectivity index (χ0) is 15.2. The summed E-state index contributed by atoms with van der Waals surface area (Å²) >= 11 is 3.44. The van der Waals surface area contributed by atoms with Gasteiger partial charge in [0.2, 0.25) is 0 Å². The molecule has 4 nitrogen and oxygen atoms in total. The third-order valence-corrected chi connectivity index (χ3v) is 8.24. The van der Waals surface area contributed by atoms with Gasteiger partial charge in [-0.1, -0.05) is 22.0 Å². The second kappa shape index (κ2) is 5.39. The van der Waals surface area contributed by atoms with Crippen molar-refractivity contribution in [2.45, 2.75) is 36.7 Å². The van der Waals surface area contributed by atoms with Crippen LogP contribution in [0.4, 0.5) is 0 Å². The highest BCUT2D eigenvalue weighted by Gasteiger charge is 2.44. The van der Waals surface area contributed by atoms with Crippen LogP contribution >= 0.6 is 15.9 Å². The summed E-state index contributed by atoms with van der Waals surface area (Å²) in [6.07, 6.45) is 2.01. The maximum Gasteiger partial charge on any atom is 0.254 e. The molecule has 0 saturated carbocycles. The fraction of sp³-hybridized carbons (Fsp3) is 0.533. The lowest BCUT2D eigenvalue weighted by Gasteiger charge is -2.24. The number of likely N-dealkylation sites (tertiary alicyclic amines) is 1. The molecule has 1 aromatic carbocycles. The standard InChI is InChI=1S/C15H18BrNO3S/c1-10-13(3-2-4-14(10)16)15(18)17-8-7-11-5-6-12(9-17)21(11,19)20/h2-4,11-12H,5-9H2,1H3. The molecule has 1 amide bonds. The van der Waals surface area contributed by atoms with Crippen LogP contribution in [-0.4, -0.2) is 42.8 Å². The van der Waals surface area contributed by atoms with Crippen molar-refractivity contribution in [2.75, 3.05) is 13.1 Å². The van der Waals surface area contributed by atoms with Gasteiger partial charge in [-0.3, -0.25) is 4.79 Å². The average molecular weight is 372 g/mol. The fourth-order valence-corrected chi connectivity index (χ4v) is 5.97. The summed E-state index contributed by atoms with van der Waals surface area (Å²) in [5.74, 6) is -0.0587. The molecule has 0 aliphatic carbocycles. The van der Waals surface area contributed by atoms with E-state index in [0.29, 0.717) is 31.5 Å². The number of halogens is 1. The minimum absolute atomic E-state index is 0.0587. The maximum absolute atomic E-state index is 12.7. The van der Waals surface area contributed by atoms with Crippen molar-refractivity contribution in [1.82, 2.24) is 4.90 Å². The Morgan fingerprint density at radius 1 is 1.24 bits per heavy atom. The summed E-state index contributed by atoms with van der Waals surface area (Å²) in [5, 5.41) is -0.620. The van der Waals surface area contributed by atoms with Gasteiger partial charge in [0.05, 0.1) is 10.5 Å². The molecule has 114 valence electrons. The third-order valence-electron chi connectivity index (χ3n) is 4.67. The topological polar surface area (TPSA) is 54.5 Å². The predicted molar refractivity (Wildman–Crippen MR) is 85.1 cm³/mol. The molecule has 0 spiro atoms. The van der Waals surface area contributed by atoms with Crippen LogP contribution in [0, 0.1) is 6.92 Å². The van der Waals surface area contributed by atoms with Crippen LogP contribution in [0.15, 0.2) is 22.7 Å². The van der Waals surface area contributed by atoms with Gasteiger partial charge in [0.25, 0.3) is 5.91 Å². The Kier molecular flexibility index (Phi) is 3.86. The number of nitrogens with zero attached hydrogens (tertiary/aromatic N) is 1. The van der Waals surface area contributed by atoms with Gasteiger partial charge in [0.15, 0.2) is 9.84 Å². The van der Waals surface area contributed by atoms with E-state index >= 15 is 0 Å². The van der Waals surface area contributed by atoms with Gasteiger partial charge in [-0.2, -0.15) is 0 Å². The monoisotopic (exact) mass is 371 g/mol. The van der Waals surface area contributed by atoms with Gasteiger partial charge in [-0.15, -0.1) is 0 Å². The predicted octanol–water partition coefficient (Wildman–Crippen LogP) is 2.55. The number of hydrogen-bond donors (Lipinski definition) is 0. The molecular weight excluding hydrogens is 354 g/mol. The van der Waals surface area contributed by atoms with E-state index in [1.807, 2.05) is 19.1 Å². The van der Waals surface area contributed by atoms with Crippen LogP contribution in [0.1, 0.15) is 35.2 Å². The van der Waals surface area contributed by atoms with E-state index < -0.39 is 9.84 Å². The van der Waals surface area contributed by atoms with E-state index in [1.165, 1.54) is 0 Å². The highest BCUT2D eigenvalue weighted by atomic mass is 79.9. The SMILES string of the molecule is Cc1c(Br)cccc1C(=O)N1CCC2CCC(C1)S2(=O)=O. The summed E-state index contributed by atoms with van der Waals surface area (Å²) in [4.78, 5) is 14.4. The summed E-state index contributed by atoms with van der Waals surface area (Å²) in [6.45, 7) is 2.77. The van der Waals surface area contributed by atoms with E-state index in [4.69, 9.17) is 0 Å². The first-order valence-corrected chi connectivity index (χ1v) is 9.58. The van der Waals surface area contributed by atoms with Crippen LogP contribution in [0.25, 0.3) is 0 Å². The minimum atomic E-state index is -3.04. The third kappa shape index (κ3) is 2.52. The molecule has 2 atom stereocenters. The van der Waals surface area contributed by atoms with Crippen molar-refractivity contribution in [3.8, 4) is 0 Å². The molecule has 3 rings (SSSR count). The van der Waals surface area contributed by atoms with Crippen molar-refractivity contribution in [2.24, 2.45) is 0 Å². The van der Waals surface area contributed by atoms with E-state index in [1.54, 1.807) is 11.0 Å². The fourth-order valence-electron chi connectivity index (χ4n) is 3.31. The molecule has 1 aromatic rings. The molecule has 0 N–H and O–H groups in total. The maximum atomic E-state index is 12.7. The lowest BCUT2D eigenvalue weighted by atomic mass is 10.0. The van der Waals surface area contributed by atoms with Gasteiger partial charge in [-0.05, 0) is 43.9 Å². The zero-order valence-corrected chi connectivity index (χ0v) is 14.3. The van der Waals surface area contributed by atoms with Crippen molar-refractivity contribution >= 4 is 31.7 Å². The molecule has 2 fully saturated rings. The summed E-state index contributed by atoms with van der Waals surface area (Å²) < 4.78 is 25.5. The number of hydrogen-bond acceptors (Lipinski definition) is 3. The molecule has 2 bridgehead atoms. The highest BCUT2D eigenvalue weighted by molar-refractivity contribution is 9.10.